The molecule has 1 aromatic heterocycles. The second-order valence-corrected chi connectivity index (χ2v) is 3.74. The minimum Gasteiger partial charge on any atom is -0.484 e. The van der Waals surface area contributed by atoms with Crippen molar-refractivity contribution < 1.29 is 28.5 Å². The van der Waals surface area contributed by atoms with E-state index in [1.54, 1.807) is 18.2 Å². The van der Waals surface area contributed by atoms with Gasteiger partial charge in [0.1, 0.15) is 12.0 Å². The lowest BCUT2D eigenvalue weighted by molar-refractivity contribution is 0.0690. The van der Waals surface area contributed by atoms with E-state index in [4.69, 9.17) is 23.7 Å². The number of ether oxygens (including phenoxy) is 3. The molecular formula is C12H9NO6. The third-order valence-corrected chi connectivity index (χ3v) is 2.48. The maximum Gasteiger partial charge on any atom is 0.357 e. The van der Waals surface area contributed by atoms with Gasteiger partial charge in [0.2, 0.25) is 12.7 Å². The van der Waals surface area contributed by atoms with Crippen LogP contribution in [0.5, 0.6) is 17.2 Å². The molecule has 0 spiro atoms. The van der Waals surface area contributed by atoms with Crippen molar-refractivity contribution in [2.24, 2.45) is 0 Å². The van der Waals surface area contributed by atoms with Crippen LogP contribution in [-0.2, 0) is 6.61 Å². The van der Waals surface area contributed by atoms with Crippen LogP contribution in [0.3, 0.4) is 0 Å². The molecule has 0 amide bonds. The van der Waals surface area contributed by atoms with E-state index in [1.165, 1.54) is 0 Å². The van der Waals surface area contributed by atoms with Crippen LogP contribution in [0, 0.1) is 0 Å². The van der Waals surface area contributed by atoms with Crippen LogP contribution in [0.4, 0.5) is 0 Å². The van der Waals surface area contributed by atoms with E-state index in [0.29, 0.717) is 17.2 Å². The molecule has 0 unspecified atom stereocenters. The number of fused-ring (bicyclic) bond motifs is 1. The van der Waals surface area contributed by atoms with Crippen LogP contribution in [0.2, 0.25) is 0 Å². The molecule has 7 heteroatoms. The third kappa shape index (κ3) is 2.30. The van der Waals surface area contributed by atoms with Crippen LogP contribution in [0.25, 0.3) is 0 Å². The monoisotopic (exact) mass is 263 g/mol. The SMILES string of the molecule is O=C(O)c1coc(COc2ccc3c(c2)OCO3)n1. The summed E-state index contributed by atoms with van der Waals surface area (Å²) in [6.45, 7) is 0.230. The predicted molar refractivity (Wildman–Crippen MR) is 60.4 cm³/mol. The fourth-order valence-electron chi connectivity index (χ4n) is 1.59. The van der Waals surface area contributed by atoms with E-state index < -0.39 is 5.97 Å². The largest absolute Gasteiger partial charge is 0.484 e. The zero-order chi connectivity index (χ0) is 13.2. The van der Waals surface area contributed by atoms with Gasteiger partial charge >= 0.3 is 5.97 Å². The van der Waals surface area contributed by atoms with Crippen molar-refractivity contribution in [3.05, 3.63) is 36.0 Å². The number of hydrogen-bond donors (Lipinski definition) is 1. The Kier molecular flexibility index (Phi) is 2.71. The number of carboxylic acids is 1. The quantitative estimate of drug-likeness (QED) is 0.897. The molecule has 0 atom stereocenters. The Morgan fingerprint density at radius 1 is 1.37 bits per heavy atom. The first kappa shape index (κ1) is 11.4. The summed E-state index contributed by atoms with van der Waals surface area (Å²) in [6.07, 6.45) is 1.07. The van der Waals surface area contributed by atoms with Gasteiger partial charge in [0, 0.05) is 6.07 Å². The summed E-state index contributed by atoms with van der Waals surface area (Å²) in [7, 11) is 0. The molecule has 7 nitrogen and oxygen atoms in total. The first-order valence-electron chi connectivity index (χ1n) is 5.42. The lowest BCUT2D eigenvalue weighted by Crippen LogP contribution is -1.99. The Bertz CT molecular complexity index is 620. The van der Waals surface area contributed by atoms with E-state index in [0.717, 1.165) is 6.26 Å². The highest BCUT2D eigenvalue weighted by Crippen LogP contribution is 2.35. The summed E-state index contributed by atoms with van der Waals surface area (Å²) in [5.41, 5.74) is -0.149. The average Bonchev–Trinajstić information content (AvgIpc) is 3.04. The highest BCUT2D eigenvalue weighted by Gasteiger charge is 2.15. The topological polar surface area (TPSA) is 91.0 Å². The van der Waals surface area contributed by atoms with Crippen molar-refractivity contribution in [1.29, 1.82) is 0 Å². The summed E-state index contributed by atoms with van der Waals surface area (Å²) < 4.78 is 20.8. The van der Waals surface area contributed by atoms with Crippen molar-refractivity contribution in [3.8, 4) is 17.2 Å². The number of aromatic nitrogens is 1. The minimum atomic E-state index is -1.14. The Labute approximate surface area is 107 Å². The molecule has 1 aliphatic heterocycles. The Morgan fingerprint density at radius 2 is 2.21 bits per heavy atom. The van der Waals surface area contributed by atoms with Crippen LogP contribution in [0.15, 0.2) is 28.9 Å². The van der Waals surface area contributed by atoms with Crippen molar-refractivity contribution in [3.63, 3.8) is 0 Å². The number of hydrogen-bond acceptors (Lipinski definition) is 6. The Hall–Kier alpha value is -2.70. The molecule has 0 aliphatic carbocycles. The predicted octanol–water partition coefficient (Wildman–Crippen LogP) is 1.68. The summed E-state index contributed by atoms with van der Waals surface area (Å²) in [6, 6.07) is 5.13. The maximum absolute atomic E-state index is 10.6. The van der Waals surface area contributed by atoms with Gasteiger partial charge in [-0.25, -0.2) is 9.78 Å². The summed E-state index contributed by atoms with van der Waals surface area (Å²) in [5.74, 6) is 0.875. The van der Waals surface area contributed by atoms with E-state index in [1.807, 2.05) is 0 Å². The van der Waals surface area contributed by atoms with E-state index >= 15 is 0 Å². The van der Waals surface area contributed by atoms with E-state index in [2.05, 4.69) is 4.98 Å². The summed E-state index contributed by atoms with van der Waals surface area (Å²) in [4.78, 5) is 14.4. The van der Waals surface area contributed by atoms with E-state index in [9.17, 15) is 4.79 Å². The molecule has 0 saturated carbocycles. The van der Waals surface area contributed by atoms with Gasteiger partial charge in [-0.05, 0) is 12.1 Å². The van der Waals surface area contributed by atoms with E-state index in [-0.39, 0.29) is 25.0 Å². The van der Waals surface area contributed by atoms with Crippen molar-refractivity contribution >= 4 is 5.97 Å². The maximum atomic E-state index is 10.6. The molecular weight excluding hydrogens is 254 g/mol. The van der Waals surface area contributed by atoms with Gasteiger partial charge in [-0.1, -0.05) is 0 Å². The van der Waals surface area contributed by atoms with Crippen LogP contribution < -0.4 is 14.2 Å². The third-order valence-electron chi connectivity index (χ3n) is 2.48. The molecule has 0 fully saturated rings. The van der Waals surface area contributed by atoms with Gasteiger partial charge in [0.25, 0.3) is 0 Å². The molecule has 1 aliphatic rings. The molecule has 1 aromatic carbocycles. The number of benzene rings is 1. The zero-order valence-corrected chi connectivity index (χ0v) is 9.66. The lowest BCUT2D eigenvalue weighted by atomic mass is 10.3. The van der Waals surface area contributed by atoms with Crippen LogP contribution in [-0.4, -0.2) is 22.9 Å². The standard InChI is InChI=1S/C12H9NO6/c14-12(15)8-4-17-11(13-8)5-16-7-1-2-9-10(3-7)19-6-18-9/h1-4H,5-6H2,(H,14,15). The van der Waals surface area contributed by atoms with Crippen LogP contribution >= 0.6 is 0 Å². The minimum absolute atomic E-state index is 0.0346. The smallest absolute Gasteiger partial charge is 0.357 e. The van der Waals surface area contributed by atoms with Gasteiger partial charge < -0.3 is 23.7 Å². The van der Waals surface area contributed by atoms with Crippen molar-refractivity contribution in [2.75, 3.05) is 6.79 Å². The van der Waals surface area contributed by atoms with Crippen molar-refractivity contribution in [2.45, 2.75) is 6.61 Å². The first-order chi connectivity index (χ1) is 9.22. The fourth-order valence-corrected chi connectivity index (χ4v) is 1.59. The van der Waals surface area contributed by atoms with Gasteiger partial charge in [0.15, 0.2) is 23.8 Å². The van der Waals surface area contributed by atoms with Gasteiger partial charge in [-0.2, -0.15) is 0 Å². The number of carbonyl (C=O) groups is 1. The van der Waals surface area contributed by atoms with Crippen molar-refractivity contribution in [1.82, 2.24) is 4.98 Å². The summed E-state index contributed by atoms with van der Waals surface area (Å²) in [5, 5.41) is 8.70. The highest BCUT2D eigenvalue weighted by molar-refractivity contribution is 5.84. The molecule has 3 rings (SSSR count). The highest BCUT2D eigenvalue weighted by atomic mass is 16.7. The summed E-state index contributed by atoms with van der Waals surface area (Å²) >= 11 is 0. The second kappa shape index (κ2) is 4.52. The van der Waals surface area contributed by atoms with Crippen LogP contribution in [0.1, 0.15) is 16.4 Å². The molecule has 0 saturated heterocycles. The number of carboxylic acid groups (broad SMARTS) is 1. The van der Waals surface area contributed by atoms with Gasteiger partial charge in [-0.3, -0.25) is 0 Å². The average molecular weight is 263 g/mol. The number of nitrogens with zero attached hydrogens (tertiary/aromatic N) is 1. The first-order valence-corrected chi connectivity index (χ1v) is 5.42. The zero-order valence-electron chi connectivity index (χ0n) is 9.66. The molecule has 0 radical (unpaired) electrons. The van der Waals surface area contributed by atoms with Gasteiger partial charge in [0.05, 0.1) is 0 Å². The molecule has 19 heavy (non-hydrogen) atoms. The molecule has 98 valence electrons. The lowest BCUT2D eigenvalue weighted by Gasteiger charge is -2.04. The number of oxazole rings is 1. The second-order valence-electron chi connectivity index (χ2n) is 3.74. The number of aromatic carboxylic acids is 1. The molecule has 0 bridgehead atoms. The Morgan fingerprint density at radius 3 is 3.00 bits per heavy atom. The molecule has 2 heterocycles. The Balaban J connectivity index is 1.67. The fraction of sp³-hybridized carbons (Fsp3) is 0.167. The normalized spacial score (nSPS) is 12.4. The number of rotatable bonds is 4. The van der Waals surface area contributed by atoms with Gasteiger partial charge in [-0.15, -0.1) is 0 Å². The molecule has 1 N–H and O–H groups in total. The molecule has 2 aromatic rings.